The molecule has 0 spiro atoms. The van der Waals surface area contributed by atoms with Crippen molar-refractivity contribution in [2.75, 3.05) is 0 Å². The Hall–Kier alpha value is 1.10. The van der Waals surface area contributed by atoms with Crippen molar-refractivity contribution < 1.29 is 0 Å². The van der Waals surface area contributed by atoms with E-state index < -0.39 is 44.7 Å². The first-order valence-electron chi connectivity index (χ1n) is 5.33. The van der Waals surface area contributed by atoms with Gasteiger partial charge in [-0.2, -0.15) is 0 Å². The molecule has 0 N–H and O–H groups in total. The maximum absolute atomic E-state index is 5.70. The first kappa shape index (κ1) is 18.1. The molecule has 0 aliphatic heterocycles. The summed E-state index contributed by atoms with van der Waals surface area (Å²) in [6.07, 6.45) is -4.66. The van der Waals surface area contributed by atoms with Gasteiger partial charge in [0.15, 0.2) is 0 Å². The minimum atomic E-state index is -0.796. The summed E-state index contributed by atoms with van der Waals surface area (Å²) in [6.45, 7) is 0. The van der Waals surface area contributed by atoms with Crippen molar-refractivity contribution in [2.45, 2.75) is 0 Å². The predicted molar refractivity (Wildman–Crippen MR) is 97.8 cm³/mol. The highest BCUT2D eigenvalue weighted by atomic mass is 13.2. The molecule has 55 valence electrons. The average Bonchev–Trinajstić information content (AvgIpc) is 2.15. The summed E-state index contributed by atoms with van der Waals surface area (Å²) < 4.78 is 0. The molecule has 0 aromatic carbocycles. The molecule has 0 aliphatic carbocycles. The minimum absolute atomic E-state index is 0.482. The lowest BCUT2D eigenvalue weighted by Gasteiger charge is -2.55. The molecule has 17 heteroatoms. The summed E-state index contributed by atoms with van der Waals surface area (Å²) in [5.41, 5.74) is 0. The van der Waals surface area contributed by atoms with Gasteiger partial charge in [-0.25, -0.2) is 6.39 Å². The molecule has 17 heavy (non-hydrogen) atoms. The fourth-order valence-electron chi connectivity index (χ4n) is 2.05. The fraction of sp³-hybridized carbons (Fsp3) is 0. The lowest BCUT2D eigenvalue weighted by molar-refractivity contribution is 3.37. The van der Waals surface area contributed by atoms with Gasteiger partial charge >= 0.3 is 0 Å². The predicted octanol–water partition coefficient (Wildman–Crippen LogP) is -6.47. The maximum Gasteiger partial charge on any atom is -0.00000645 e. The van der Waals surface area contributed by atoms with E-state index in [0.29, 0.717) is 0 Å². The normalized spacial score (nSPS) is 9.18. The van der Waals surface area contributed by atoms with E-state index in [4.69, 9.17) is 69.6 Å². The van der Waals surface area contributed by atoms with Crippen LogP contribution in [0, 0.1) is 0 Å². The second-order valence-electron chi connectivity index (χ2n) is 4.23. The van der Waals surface area contributed by atoms with Crippen LogP contribution in [0.25, 0.3) is 0 Å². The van der Waals surface area contributed by atoms with E-state index in [9.17, 15) is 0 Å². The summed E-state index contributed by atoms with van der Waals surface area (Å²) in [5.74, 6) is 0. The molecule has 0 saturated heterocycles. The van der Waals surface area contributed by atoms with Crippen molar-refractivity contribution in [2.24, 2.45) is 0 Å². The minimum Gasteiger partial charge on any atom is -0.729 e. The first-order valence-corrected chi connectivity index (χ1v) is 5.33. The number of hydrogen-bond donors (Lipinski definition) is 0. The van der Waals surface area contributed by atoms with Crippen LogP contribution in [-0.2, 0) is 0 Å². The molecule has 23 radical (unpaired) electrons. The van der Waals surface area contributed by atoms with Crippen LogP contribution < -0.4 is 0 Å². The molecule has 0 aliphatic rings. The Morgan fingerprint density at radius 3 is 1.35 bits per heavy atom. The van der Waals surface area contributed by atoms with Gasteiger partial charge in [-0.1, -0.05) is 0 Å². The maximum atomic E-state index is 5.70. The SMILES string of the molecule is [B]B([B])B(B([B])[B-])B(B([B])[B])B([B][B-])B([B-])[B-]. The standard InChI is InChI=1S/B17/c1-10-15(11(2)3)17(14(8)9)16(12(4)5)13(6)7/q-4. The van der Waals surface area contributed by atoms with E-state index in [2.05, 4.69) is 0 Å². The highest BCUT2D eigenvalue weighted by Gasteiger charge is 2.31. The quantitative estimate of drug-likeness (QED) is 0.345. The molecule has 0 atom stereocenters. The zero-order chi connectivity index (χ0) is 13.7. The van der Waals surface area contributed by atoms with Crippen LogP contribution in [-0.4, -0.2) is 121 Å². The van der Waals surface area contributed by atoms with Crippen molar-refractivity contribution in [1.29, 1.82) is 0 Å². The van der Waals surface area contributed by atoms with Gasteiger partial charge in [-0.15, -0.1) is 6.39 Å². The van der Waals surface area contributed by atoms with E-state index in [-0.39, 0.29) is 0 Å². The van der Waals surface area contributed by atoms with E-state index in [1.807, 2.05) is 0 Å². The van der Waals surface area contributed by atoms with E-state index in [1.165, 1.54) is 7.06 Å². The van der Waals surface area contributed by atoms with E-state index >= 15 is 0 Å². The molecule has 0 aromatic heterocycles. The zero-order valence-electron chi connectivity index (χ0n) is 9.81. The van der Waals surface area contributed by atoms with Crippen LogP contribution in [0.15, 0.2) is 0 Å². The Morgan fingerprint density at radius 1 is 0.765 bits per heavy atom. The highest BCUT2D eigenvalue weighted by Crippen LogP contribution is 2.01. The number of rotatable bonds is 7. The summed E-state index contributed by atoms with van der Waals surface area (Å²) in [5, 5.41) is 0. The third-order valence-electron chi connectivity index (χ3n) is 2.89. The van der Waals surface area contributed by atoms with Gasteiger partial charge < -0.3 is 37.3 Å². The lowest BCUT2D eigenvalue weighted by atomic mass is 8.43. The van der Waals surface area contributed by atoms with E-state index in [0.717, 1.165) is 0 Å². The monoisotopic (exact) mass is 187 g/mol. The Kier molecular flexibility index (Phi) is 8.85. The average molecular weight is 184 g/mol. The van der Waals surface area contributed by atoms with Gasteiger partial charge in [0.05, 0.1) is 0 Å². The van der Waals surface area contributed by atoms with Gasteiger partial charge in [-0.05, 0) is 64.2 Å². The molecule has 0 aromatic rings. The molecule has 0 heterocycles. The molecule has 0 rings (SSSR count). The summed E-state index contributed by atoms with van der Waals surface area (Å²) in [6, 6.07) is 0. The van der Waals surface area contributed by atoms with Crippen molar-refractivity contribution in [3.8, 4) is 0 Å². The molecule has 0 bridgehead atoms. The molecule has 0 unspecified atom stereocenters. The van der Waals surface area contributed by atoms with Gasteiger partial charge in [0.1, 0.15) is 0 Å². The highest BCUT2D eigenvalue weighted by molar-refractivity contribution is 8.15. The van der Waals surface area contributed by atoms with Crippen molar-refractivity contribution >= 4 is 121 Å². The number of hydrogen-bond acceptors (Lipinski definition) is 0. The van der Waals surface area contributed by atoms with Gasteiger partial charge in [0.2, 0.25) is 0 Å². The van der Waals surface area contributed by atoms with Crippen LogP contribution in [0.1, 0.15) is 0 Å². The van der Waals surface area contributed by atoms with Gasteiger partial charge in [-0.3, -0.25) is 7.06 Å². The van der Waals surface area contributed by atoms with Gasteiger partial charge in [0.25, 0.3) is 0 Å². The van der Waals surface area contributed by atoms with Crippen LogP contribution in [0.3, 0.4) is 0 Å². The molecule has 0 nitrogen and oxygen atoms in total. The van der Waals surface area contributed by atoms with Crippen LogP contribution in [0.4, 0.5) is 0 Å². The largest absolute Gasteiger partial charge is 0.729 e. The third-order valence-corrected chi connectivity index (χ3v) is 2.89. The van der Waals surface area contributed by atoms with Crippen molar-refractivity contribution in [1.82, 2.24) is 0 Å². The first-order chi connectivity index (χ1) is 7.73. The Morgan fingerprint density at radius 2 is 1.18 bits per heavy atom. The van der Waals surface area contributed by atoms with Crippen molar-refractivity contribution in [3.05, 3.63) is 0 Å². The molecule has 0 amide bonds. The lowest BCUT2D eigenvalue weighted by Crippen LogP contribution is -2.76. The van der Waals surface area contributed by atoms with Gasteiger partial charge in [0, 0.05) is 0 Å². The second-order valence-corrected chi connectivity index (χ2v) is 4.23. The summed E-state index contributed by atoms with van der Waals surface area (Å²) >= 11 is 0. The second kappa shape index (κ2) is 8.31. The molecule has 0 saturated carbocycles. The molecular formula is B17-4. The summed E-state index contributed by atoms with van der Waals surface area (Å²) in [4.78, 5) is 0. The van der Waals surface area contributed by atoms with Crippen molar-refractivity contribution in [3.63, 3.8) is 0 Å². The third kappa shape index (κ3) is 5.31. The Bertz CT molecular complexity index is 180. The topological polar surface area (TPSA) is 0 Å². The Balaban J connectivity index is 5.16. The van der Waals surface area contributed by atoms with E-state index in [1.54, 1.807) is 0 Å². The fourth-order valence-corrected chi connectivity index (χ4v) is 2.05. The smallest absolute Gasteiger partial charge is 0.00000645 e. The van der Waals surface area contributed by atoms with Crippen LogP contribution >= 0.6 is 0 Å². The summed E-state index contributed by atoms with van der Waals surface area (Å²) in [7, 11) is 52.0. The van der Waals surface area contributed by atoms with Crippen LogP contribution in [0.2, 0.25) is 0 Å². The van der Waals surface area contributed by atoms with Crippen LogP contribution in [0.5, 0.6) is 0 Å². The zero-order valence-corrected chi connectivity index (χ0v) is 9.81. The Labute approximate surface area is 121 Å². The molecule has 0 fully saturated rings. The molecular weight excluding hydrogens is 184 g/mol.